The molecule has 5 rings (SSSR count). The fourth-order valence-electron chi connectivity index (χ4n) is 3.72. The highest BCUT2D eigenvalue weighted by Crippen LogP contribution is 2.34. The van der Waals surface area contributed by atoms with Crippen molar-refractivity contribution in [2.75, 3.05) is 17.2 Å². The van der Waals surface area contributed by atoms with Gasteiger partial charge in [-0.15, -0.1) is 0 Å². The highest BCUT2D eigenvalue weighted by molar-refractivity contribution is 6.09. The number of pyridine rings is 1. The van der Waals surface area contributed by atoms with Crippen LogP contribution in [0, 0.1) is 0 Å². The quantitative estimate of drug-likeness (QED) is 0.512. The molecule has 0 bridgehead atoms. The molecule has 0 fully saturated rings. The Morgan fingerprint density at radius 2 is 1.81 bits per heavy atom. The number of rotatable bonds is 2. The molecule has 158 valence electrons. The third kappa shape index (κ3) is 3.01. The molecule has 0 saturated heterocycles. The molecule has 1 atom stereocenters. The van der Waals surface area contributed by atoms with Gasteiger partial charge in [0.25, 0.3) is 5.91 Å². The van der Waals surface area contributed by atoms with Crippen LogP contribution in [-0.4, -0.2) is 31.6 Å². The summed E-state index contributed by atoms with van der Waals surface area (Å²) >= 11 is 0. The summed E-state index contributed by atoms with van der Waals surface area (Å²) in [6, 6.07) is 7.95. The Balaban J connectivity index is 1.57. The minimum Gasteiger partial charge on any atom is -0.383 e. The molecule has 0 aliphatic carbocycles. The fraction of sp³-hybridized carbons (Fsp3) is 0.150. The van der Waals surface area contributed by atoms with Crippen LogP contribution in [0.1, 0.15) is 22.2 Å². The number of nitrogens with two attached hydrogens (primary N) is 2. The molecule has 11 heteroatoms. The molecule has 0 unspecified atom stereocenters. The predicted octanol–water partition coefficient (Wildman–Crippen LogP) is 2.92. The third-order valence-electron chi connectivity index (χ3n) is 5.28. The number of halogens is 3. The van der Waals surface area contributed by atoms with Crippen LogP contribution in [0.2, 0.25) is 0 Å². The Bertz CT molecular complexity index is 1310. The number of imidazole rings is 1. The maximum atomic E-state index is 13.3. The monoisotopic (exact) mass is 427 g/mol. The zero-order valence-corrected chi connectivity index (χ0v) is 15.9. The van der Waals surface area contributed by atoms with Gasteiger partial charge in [-0.1, -0.05) is 0 Å². The van der Waals surface area contributed by atoms with Crippen molar-refractivity contribution in [3.05, 3.63) is 66.2 Å². The van der Waals surface area contributed by atoms with Crippen molar-refractivity contribution < 1.29 is 18.0 Å². The summed E-state index contributed by atoms with van der Waals surface area (Å²) in [5, 5.41) is 4.27. The van der Waals surface area contributed by atoms with E-state index in [1.165, 1.54) is 34.1 Å². The number of anilines is 2. The minimum absolute atomic E-state index is 0.0752. The lowest BCUT2D eigenvalue weighted by molar-refractivity contribution is -0.137. The summed E-state index contributed by atoms with van der Waals surface area (Å²) in [7, 11) is 0. The molecule has 1 aliphatic rings. The zero-order valence-electron chi connectivity index (χ0n) is 15.9. The second-order valence-electron chi connectivity index (χ2n) is 7.21. The van der Waals surface area contributed by atoms with Crippen molar-refractivity contribution in [3.8, 4) is 11.1 Å². The van der Waals surface area contributed by atoms with E-state index in [2.05, 4.69) is 10.1 Å². The molecule has 0 spiro atoms. The van der Waals surface area contributed by atoms with E-state index in [1.807, 2.05) is 0 Å². The molecule has 1 amide bonds. The summed E-state index contributed by atoms with van der Waals surface area (Å²) in [4.78, 5) is 18.9. The summed E-state index contributed by atoms with van der Waals surface area (Å²) in [6.07, 6.45) is -0.311. The van der Waals surface area contributed by atoms with Gasteiger partial charge >= 0.3 is 6.18 Å². The van der Waals surface area contributed by atoms with Crippen molar-refractivity contribution in [1.82, 2.24) is 19.2 Å². The van der Waals surface area contributed by atoms with Gasteiger partial charge in [-0.2, -0.15) is 18.3 Å². The first kappa shape index (κ1) is 19.1. The van der Waals surface area contributed by atoms with Crippen molar-refractivity contribution in [1.29, 1.82) is 0 Å². The van der Waals surface area contributed by atoms with E-state index in [-0.39, 0.29) is 12.2 Å². The van der Waals surface area contributed by atoms with E-state index in [0.29, 0.717) is 28.3 Å². The van der Waals surface area contributed by atoms with Gasteiger partial charge in [0.15, 0.2) is 0 Å². The van der Waals surface area contributed by atoms with Gasteiger partial charge in [-0.05, 0) is 36.4 Å². The molecule has 1 aromatic carbocycles. The van der Waals surface area contributed by atoms with Crippen LogP contribution in [0.4, 0.5) is 24.7 Å². The van der Waals surface area contributed by atoms with Crippen molar-refractivity contribution in [2.45, 2.75) is 12.3 Å². The van der Waals surface area contributed by atoms with Crippen molar-refractivity contribution >= 4 is 23.1 Å². The number of hydrogen-bond donors (Lipinski definition) is 2. The van der Waals surface area contributed by atoms with E-state index >= 15 is 0 Å². The van der Waals surface area contributed by atoms with E-state index in [0.717, 1.165) is 12.1 Å². The van der Waals surface area contributed by atoms with Crippen LogP contribution in [0.15, 0.2) is 55.0 Å². The van der Waals surface area contributed by atoms with Gasteiger partial charge in [0.2, 0.25) is 0 Å². The lowest BCUT2D eigenvalue weighted by Crippen LogP contribution is -2.46. The summed E-state index contributed by atoms with van der Waals surface area (Å²) < 4.78 is 41.8. The number of aromatic nitrogens is 4. The van der Waals surface area contributed by atoms with E-state index < -0.39 is 23.8 Å². The van der Waals surface area contributed by atoms with Gasteiger partial charge in [-0.3, -0.25) is 9.20 Å². The number of carbonyl (C=O) groups excluding carboxylic acids is 1. The fourth-order valence-corrected chi connectivity index (χ4v) is 3.72. The minimum atomic E-state index is -4.46. The van der Waals surface area contributed by atoms with Crippen molar-refractivity contribution in [3.63, 3.8) is 0 Å². The maximum Gasteiger partial charge on any atom is 0.416 e. The summed E-state index contributed by atoms with van der Waals surface area (Å²) in [6.45, 7) is 0.0752. The van der Waals surface area contributed by atoms with Crippen molar-refractivity contribution in [2.24, 2.45) is 5.73 Å². The van der Waals surface area contributed by atoms with Gasteiger partial charge < -0.3 is 16.4 Å². The SMILES string of the molecule is Nc1cnc2ccc(-c3cnn4c3C(=O)N(c3ccc(C(F)(F)F)cc3)C[C@@H]4N)cn12. The zero-order chi connectivity index (χ0) is 21.9. The van der Waals surface area contributed by atoms with Crippen LogP contribution in [0.25, 0.3) is 16.8 Å². The highest BCUT2D eigenvalue weighted by atomic mass is 19.4. The maximum absolute atomic E-state index is 13.3. The Hall–Kier alpha value is -3.86. The molecule has 3 aromatic heterocycles. The number of amides is 1. The van der Waals surface area contributed by atoms with Crippen LogP contribution in [0.3, 0.4) is 0 Å². The molecule has 0 radical (unpaired) electrons. The van der Waals surface area contributed by atoms with Crippen LogP contribution in [0.5, 0.6) is 0 Å². The van der Waals surface area contributed by atoms with Gasteiger partial charge in [0, 0.05) is 23.0 Å². The number of fused-ring (bicyclic) bond motifs is 2. The first-order valence-electron chi connectivity index (χ1n) is 9.29. The molecule has 0 saturated carbocycles. The lowest BCUT2D eigenvalue weighted by atomic mass is 10.1. The Kier molecular flexibility index (Phi) is 4.05. The van der Waals surface area contributed by atoms with E-state index in [1.54, 1.807) is 22.7 Å². The summed E-state index contributed by atoms with van der Waals surface area (Å²) in [5.74, 6) is 0.0277. The highest BCUT2D eigenvalue weighted by Gasteiger charge is 2.35. The van der Waals surface area contributed by atoms with Gasteiger partial charge in [-0.25, -0.2) is 9.67 Å². The average molecular weight is 427 g/mol. The Labute approximate surface area is 173 Å². The van der Waals surface area contributed by atoms with Crippen LogP contribution in [-0.2, 0) is 6.18 Å². The average Bonchev–Trinajstić information content (AvgIpc) is 3.35. The predicted molar refractivity (Wildman–Crippen MR) is 107 cm³/mol. The molecule has 31 heavy (non-hydrogen) atoms. The van der Waals surface area contributed by atoms with Gasteiger partial charge in [0.1, 0.15) is 23.3 Å². The normalized spacial score (nSPS) is 16.7. The topological polar surface area (TPSA) is 107 Å². The number of alkyl halides is 3. The number of benzene rings is 1. The molecule has 4 N–H and O–H groups in total. The second-order valence-corrected chi connectivity index (χ2v) is 7.21. The standard InChI is InChI=1S/C20H16F3N7O/c21-20(22,23)12-2-4-13(5-3-12)28-10-16(25)30-18(19(28)31)14(7-27-30)11-1-6-17-26-8-15(24)29(17)9-11/h1-9,16H,10,24-25H2/t16-/m1/s1. The molecular formula is C20H16F3N7O. The Morgan fingerprint density at radius 1 is 1.06 bits per heavy atom. The number of nitrogen functional groups attached to an aromatic ring is 1. The second kappa shape index (κ2) is 6.57. The first-order valence-corrected chi connectivity index (χ1v) is 9.29. The van der Waals surface area contributed by atoms with Crippen LogP contribution < -0.4 is 16.4 Å². The van der Waals surface area contributed by atoms with Crippen LogP contribution >= 0.6 is 0 Å². The van der Waals surface area contributed by atoms with E-state index in [4.69, 9.17) is 11.5 Å². The molecule has 4 heterocycles. The number of carbonyl (C=O) groups is 1. The molecule has 8 nitrogen and oxygen atoms in total. The Morgan fingerprint density at radius 3 is 2.52 bits per heavy atom. The van der Waals surface area contributed by atoms with Gasteiger partial charge in [0.05, 0.1) is 24.5 Å². The number of hydrogen-bond acceptors (Lipinski definition) is 5. The largest absolute Gasteiger partial charge is 0.416 e. The molecule has 4 aromatic rings. The van der Waals surface area contributed by atoms with E-state index in [9.17, 15) is 18.0 Å². The third-order valence-corrected chi connectivity index (χ3v) is 5.28. The first-order chi connectivity index (χ1) is 14.7. The number of nitrogens with zero attached hydrogens (tertiary/aromatic N) is 5. The lowest BCUT2D eigenvalue weighted by Gasteiger charge is -2.32. The summed E-state index contributed by atoms with van der Waals surface area (Å²) in [5.41, 5.74) is 13.8. The molecular weight excluding hydrogens is 411 g/mol. The smallest absolute Gasteiger partial charge is 0.383 e. The molecule has 1 aliphatic heterocycles.